The second kappa shape index (κ2) is 8.42. The van der Waals surface area contributed by atoms with Crippen molar-refractivity contribution < 1.29 is 18.1 Å². The Morgan fingerprint density at radius 1 is 1.22 bits per heavy atom. The number of amides is 1. The first-order valence-corrected chi connectivity index (χ1v) is 11.4. The van der Waals surface area contributed by atoms with Crippen molar-refractivity contribution in [1.29, 1.82) is 0 Å². The Morgan fingerprint density at radius 3 is 2.75 bits per heavy atom. The highest BCUT2D eigenvalue weighted by molar-refractivity contribution is 7.90. The van der Waals surface area contributed by atoms with E-state index in [1.807, 2.05) is 4.90 Å². The molecule has 1 aliphatic rings. The molecule has 32 heavy (non-hydrogen) atoms. The zero-order valence-electron chi connectivity index (χ0n) is 17.3. The number of nitrogens with one attached hydrogen (secondary N) is 1. The first-order chi connectivity index (χ1) is 15.2. The summed E-state index contributed by atoms with van der Waals surface area (Å²) in [7, 11) is -2.08. The van der Waals surface area contributed by atoms with E-state index in [-0.39, 0.29) is 23.0 Å². The van der Waals surface area contributed by atoms with Gasteiger partial charge in [-0.2, -0.15) is 8.42 Å². The van der Waals surface area contributed by atoms with Crippen LogP contribution in [0, 0.1) is 10.1 Å². The highest BCUT2D eigenvalue weighted by Gasteiger charge is 2.20. The van der Waals surface area contributed by atoms with Gasteiger partial charge in [-0.25, -0.2) is 0 Å². The molecule has 0 aliphatic carbocycles. The molecular formula is C21H21N5O5S. The topological polar surface area (TPSA) is 127 Å². The number of likely N-dealkylation sites (tertiary alicyclic amines) is 1. The monoisotopic (exact) mass is 455 g/mol. The van der Waals surface area contributed by atoms with Crippen molar-refractivity contribution in [2.75, 3.05) is 18.9 Å². The highest BCUT2D eigenvalue weighted by Crippen LogP contribution is 2.23. The number of nitro groups is 1. The van der Waals surface area contributed by atoms with E-state index < -0.39 is 14.9 Å². The first-order valence-electron chi connectivity index (χ1n) is 9.91. The number of benzene rings is 2. The normalized spacial score (nSPS) is 15.4. The number of sulfonamides is 1. The fourth-order valence-corrected chi connectivity index (χ4v) is 4.77. The first kappa shape index (κ1) is 21.5. The molecule has 3 aromatic rings. The van der Waals surface area contributed by atoms with Crippen molar-refractivity contribution in [3.8, 4) is 0 Å². The SMILES string of the molecule is CN1CCC/C1=N\S(=O)(=O)c1cccc(NC(=O)Cn2ccc3cc([N+](=O)[O-])ccc32)c1. The number of amidine groups is 1. The van der Waals surface area contributed by atoms with Crippen LogP contribution in [0.5, 0.6) is 0 Å². The molecule has 10 nitrogen and oxygen atoms in total. The Morgan fingerprint density at radius 2 is 2.03 bits per heavy atom. The second-order valence-corrected chi connectivity index (χ2v) is 9.13. The van der Waals surface area contributed by atoms with Crippen LogP contribution in [0.15, 0.2) is 64.0 Å². The average Bonchev–Trinajstić information content (AvgIpc) is 3.33. The number of carbonyl (C=O) groups excluding carboxylic acids is 1. The smallest absolute Gasteiger partial charge is 0.284 e. The number of aromatic nitrogens is 1. The number of non-ortho nitro benzene ring substituents is 1. The quantitative estimate of drug-likeness (QED) is 0.450. The zero-order chi connectivity index (χ0) is 22.9. The molecule has 0 atom stereocenters. The third-order valence-electron chi connectivity index (χ3n) is 5.26. The molecule has 1 aromatic heterocycles. The summed E-state index contributed by atoms with van der Waals surface area (Å²) >= 11 is 0. The van der Waals surface area contributed by atoms with Gasteiger partial charge in [0, 0.05) is 54.9 Å². The maximum atomic E-state index is 12.7. The van der Waals surface area contributed by atoms with Crippen LogP contribution in [-0.4, -0.2) is 48.1 Å². The van der Waals surface area contributed by atoms with Crippen molar-refractivity contribution in [3.05, 3.63) is 64.8 Å². The Bertz CT molecular complexity index is 1350. The molecule has 2 aromatic carbocycles. The summed E-state index contributed by atoms with van der Waals surface area (Å²) in [6, 6.07) is 12.1. The van der Waals surface area contributed by atoms with Crippen LogP contribution >= 0.6 is 0 Å². The van der Waals surface area contributed by atoms with Crippen molar-refractivity contribution in [2.45, 2.75) is 24.3 Å². The van der Waals surface area contributed by atoms with Gasteiger partial charge in [-0.1, -0.05) is 6.07 Å². The molecular weight excluding hydrogens is 434 g/mol. The lowest BCUT2D eigenvalue weighted by molar-refractivity contribution is -0.384. The number of nitro benzene ring substituents is 1. The second-order valence-electron chi connectivity index (χ2n) is 7.53. The van der Waals surface area contributed by atoms with E-state index in [4.69, 9.17) is 0 Å². The molecule has 0 saturated carbocycles. The Balaban J connectivity index is 1.50. The summed E-state index contributed by atoms with van der Waals surface area (Å²) in [5.41, 5.74) is 0.992. The highest BCUT2D eigenvalue weighted by atomic mass is 32.2. The Kier molecular flexibility index (Phi) is 5.66. The minimum atomic E-state index is -3.89. The Labute approximate surface area is 184 Å². The lowest BCUT2D eigenvalue weighted by Gasteiger charge is -2.11. The molecule has 166 valence electrons. The number of nitrogens with zero attached hydrogens (tertiary/aromatic N) is 4. The summed E-state index contributed by atoms with van der Waals surface area (Å²) in [5.74, 6) is 0.163. The zero-order valence-corrected chi connectivity index (χ0v) is 18.1. The van der Waals surface area contributed by atoms with Crippen LogP contribution in [-0.2, 0) is 21.4 Å². The molecule has 0 spiro atoms. The largest absolute Gasteiger partial charge is 0.362 e. The van der Waals surface area contributed by atoms with E-state index >= 15 is 0 Å². The number of hydrogen-bond acceptors (Lipinski definition) is 5. The van der Waals surface area contributed by atoms with Gasteiger partial charge < -0.3 is 14.8 Å². The van der Waals surface area contributed by atoms with E-state index in [1.165, 1.54) is 24.3 Å². The number of anilines is 1. The van der Waals surface area contributed by atoms with Gasteiger partial charge in [-0.05, 0) is 36.8 Å². The fourth-order valence-electron chi connectivity index (χ4n) is 3.63. The average molecular weight is 455 g/mol. The van der Waals surface area contributed by atoms with E-state index in [0.29, 0.717) is 28.8 Å². The van der Waals surface area contributed by atoms with E-state index in [1.54, 1.807) is 42.1 Å². The molecule has 2 heterocycles. The van der Waals surface area contributed by atoms with Crippen LogP contribution in [0.2, 0.25) is 0 Å². The maximum Gasteiger partial charge on any atom is 0.284 e. The summed E-state index contributed by atoms with van der Waals surface area (Å²) in [6.07, 6.45) is 3.14. The van der Waals surface area contributed by atoms with Gasteiger partial charge in [0.25, 0.3) is 15.7 Å². The molecule has 0 unspecified atom stereocenters. The lowest BCUT2D eigenvalue weighted by atomic mass is 10.2. The molecule has 0 bridgehead atoms. The van der Waals surface area contributed by atoms with Gasteiger partial charge >= 0.3 is 0 Å². The maximum absolute atomic E-state index is 12.7. The fraction of sp³-hybridized carbons (Fsp3) is 0.238. The van der Waals surface area contributed by atoms with Crippen molar-refractivity contribution in [1.82, 2.24) is 9.47 Å². The van der Waals surface area contributed by atoms with Gasteiger partial charge in [0.2, 0.25) is 5.91 Å². The van der Waals surface area contributed by atoms with Gasteiger partial charge in [-0.3, -0.25) is 14.9 Å². The summed E-state index contributed by atoms with van der Waals surface area (Å²) in [4.78, 5) is 24.8. The van der Waals surface area contributed by atoms with Gasteiger partial charge in [0.15, 0.2) is 0 Å². The lowest BCUT2D eigenvalue weighted by Crippen LogP contribution is -2.20. The van der Waals surface area contributed by atoms with Crippen LogP contribution in [0.4, 0.5) is 11.4 Å². The molecule has 11 heteroatoms. The van der Waals surface area contributed by atoms with Gasteiger partial charge in [0.05, 0.1) is 9.82 Å². The minimum absolute atomic E-state index is 0.00169. The molecule has 1 amide bonds. The summed E-state index contributed by atoms with van der Waals surface area (Å²) in [6.45, 7) is 0.733. The van der Waals surface area contributed by atoms with Crippen molar-refractivity contribution in [3.63, 3.8) is 0 Å². The standard InChI is InChI=1S/C21H21N5O5S/c1-24-10-3-6-20(24)23-32(30,31)18-5-2-4-16(13-18)22-21(27)14-25-11-9-15-12-17(26(28)29)7-8-19(15)25/h2,4-5,7-9,11-13H,3,6,10,14H2,1H3,(H,22,27)/b23-20+. The van der Waals surface area contributed by atoms with Crippen molar-refractivity contribution >= 4 is 44.0 Å². The predicted octanol–water partition coefficient (Wildman–Crippen LogP) is 3.00. The molecule has 1 N–H and O–H groups in total. The molecule has 1 aliphatic heterocycles. The van der Waals surface area contributed by atoms with E-state index in [2.05, 4.69) is 9.71 Å². The molecule has 1 fully saturated rings. The van der Waals surface area contributed by atoms with Crippen LogP contribution in [0.25, 0.3) is 10.9 Å². The van der Waals surface area contributed by atoms with Crippen LogP contribution in [0.1, 0.15) is 12.8 Å². The number of rotatable bonds is 6. The van der Waals surface area contributed by atoms with Crippen LogP contribution < -0.4 is 5.32 Å². The van der Waals surface area contributed by atoms with E-state index in [9.17, 15) is 23.3 Å². The van der Waals surface area contributed by atoms with Gasteiger partial charge in [0.1, 0.15) is 12.4 Å². The minimum Gasteiger partial charge on any atom is -0.362 e. The van der Waals surface area contributed by atoms with E-state index in [0.717, 1.165) is 13.0 Å². The molecule has 0 radical (unpaired) electrons. The predicted molar refractivity (Wildman–Crippen MR) is 120 cm³/mol. The number of hydrogen-bond donors (Lipinski definition) is 1. The Hall–Kier alpha value is -3.73. The number of carbonyl (C=O) groups is 1. The molecule has 4 rings (SSSR count). The summed E-state index contributed by atoms with van der Waals surface area (Å²) in [5, 5.41) is 14.3. The van der Waals surface area contributed by atoms with Gasteiger partial charge in [-0.15, -0.1) is 4.40 Å². The van der Waals surface area contributed by atoms with Crippen molar-refractivity contribution in [2.24, 2.45) is 4.40 Å². The van der Waals surface area contributed by atoms with Crippen LogP contribution in [0.3, 0.4) is 0 Å². The third kappa shape index (κ3) is 4.47. The summed E-state index contributed by atoms with van der Waals surface area (Å²) < 4.78 is 30.9. The third-order valence-corrected chi connectivity index (χ3v) is 6.56. The molecule has 1 saturated heterocycles. The number of fused-ring (bicyclic) bond motifs is 1.